The second-order valence-electron chi connectivity index (χ2n) is 3.43. The Labute approximate surface area is 95.4 Å². The van der Waals surface area contributed by atoms with Crippen LogP contribution in [0.5, 0.6) is 11.5 Å². The molecular weight excluding hydrogens is 200 g/mol. The molecule has 0 aliphatic carbocycles. The largest absolute Gasteiger partial charge is 0.497 e. The maximum Gasteiger partial charge on any atom is 0.130 e. The summed E-state index contributed by atoms with van der Waals surface area (Å²) < 4.78 is 10.5. The van der Waals surface area contributed by atoms with Crippen LogP contribution in [0.15, 0.2) is 48.5 Å². The third kappa shape index (κ3) is 2.01. The summed E-state index contributed by atoms with van der Waals surface area (Å²) in [5.41, 5.74) is 2.21. The van der Waals surface area contributed by atoms with Gasteiger partial charge in [-0.2, -0.15) is 0 Å². The number of hydrogen-bond donors (Lipinski definition) is 0. The summed E-state index contributed by atoms with van der Waals surface area (Å²) in [5, 5.41) is 0. The third-order valence-corrected chi connectivity index (χ3v) is 2.49. The first kappa shape index (κ1) is 10.6. The van der Waals surface area contributed by atoms with Crippen LogP contribution >= 0.6 is 0 Å². The van der Waals surface area contributed by atoms with Gasteiger partial charge in [-0.05, 0) is 17.7 Å². The molecule has 2 aromatic rings. The maximum atomic E-state index is 5.36. The Hall–Kier alpha value is -1.96. The van der Waals surface area contributed by atoms with Crippen LogP contribution in [0.4, 0.5) is 0 Å². The predicted octanol–water partition coefficient (Wildman–Crippen LogP) is 3.37. The molecular formula is C14H14O2. The summed E-state index contributed by atoms with van der Waals surface area (Å²) in [6, 6.07) is 16.0. The van der Waals surface area contributed by atoms with E-state index in [1.165, 1.54) is 0 Å². The average molecular weight is 214 g/mol. The highest BCUT2D eigenvalue weighted by atomic mass is 16.5. The van der Waals surface area contributed by atoms with Crippen molar-refractivity contribution in [2.75, 3.05) is 14.2 Å². The zero-order chi connectivity index (χ0) is 11.4. The minimum absolute atomic E-state index is 0.802. The van der Waals surface area contributed by atoms with Gasteiger partial charge < -0.3 is 9.47 Å². The zero-order valence-electron chi connectivity index (χ0n) is 9.44. The van der Waals surface area contributed by atoms with E-state index in [-0.39, 0.29) is 0 Å². The van der Waals surface area contributed by atoms with Crippen LogP contribution in [0.3, 0.4) is 0 Å². The summed E-state index contributed by atoms with van der Waals surface area (Å²) in [5.74, 6) is 1.63. The van der Waals surface area contributed by atoms with E-state index in [4.69, 9.17) is 9.47 Å². The van der Waals surface area contributed by atoms with Crippen LogP contribution in [0.25, 0.3) is 11.1 Å². The molecule has 0 aliphatic heterocycles. The lowest BCUT2D eigenvalue weighted by Gasteiger charge is -2.10. The number of benzene rings is 2. The fraction of sp³-hybridized carbons (Fsp3) is 0.143. The van der Waals surface area contributed by atoms with Crippen molar-refractivity contribution >= 4 is 0 Å². The van der Waals surface area contributed by atoms with E-state index in [2.05, 4.69) is 12.1 Å². The van der Waals surface area contributed by atoms with Gasteiger partial charge in [0.05, 0.1) is 14.2 Å². The number of methoxy groups -OCH3 is 2. The standard InChI is InChI=1S/C14H14O2/c1-15-12-8-9-13(14(10-12)16-2)11-6-4-3-5-7-11/h3-10H,1-2H3. The Morgan fingerprint density at radius 3 is 2.19 bits per heavy atom. The minimum Gasteiger partial charge on any atom is -0.497 e. The second kappa shape index (κ2) is 4.71. The van der Waals surface area contributed by atoms with Crippen LogP contribution in [0.1, 0.15) is 0 Å². The molecule has 2 heteroatoms. The highest BCUT2D eigenvalue weighted by Crippen LogP contribution is 2.32. The Bertz CT molecular complexity index is 463. The van der Waals surface area contributed by atoms with Crippen LogP contribution in [0, 0.1) is 0 Å². The summed E-state index contributed by atoms with van der Waals surface area (Å²) in [4.78, 5) is 0. The van der Waals surface area contributed by atoms with Crippen molar-refractivity contribution < 1.29 is 9.47 Å². The van der Waals surface area contributed by atoms with E-state index in [9.17, 15) is 0 Å². The van der Waals surface area contributed by atoms with Gasteiger partial charge in [0.2, 0.25) is 0 Å². The molecule has 0 spiro atoms. The Morgan fingerprint density at radius 1 is 0.812 bits per heavy atom. The smallest absolute Gasteiger partial charge is 0.130 e. The highest BCUT2D eigenvalue weighted by molar-refractivity contribution is 5.71. The number of hydrogen-bond acceptors (Lipinski definition) is 2. The molecule has 0 radical (unpaired) electrons. The third-order valence-electron chi connectivity index (χ3n) is 2.49. The molecule has 2 rings (SSSR count). The lowest BCUT2D eigenvalue weighted by Crippen LogP contribution is -1.90. The molecule has 82 valence electrons. The summed E-state index contributed by atoms with van der Waals surface area (Å²) in [7, 11) is 3.32. The van der Waals surface area contributed by atoms with Gasteiger partial charge in [-0.1, -0.05) is 30.3 Å². The van der Waals surface area contributed by atoms with E-state index >= 15 is 0 Å². The number of rotatable bonds is 3. The maximum absolute atomic E-state index is 5.36. The molecule has 0 aliphatic rings. The Kier molecular flexibility index (Phi) is 3.10. The summed E-state index contributed by atoms with van der Waals surface area (Å²) in [6.07, 6.45) is 0. The van der Waals surface area contributed by atoms with Crippen LogP contribution in [-0.4, -0.2) is 14.2 Å². The SMILES string of the molecule is COc1ccc(-c2ccccc2)c(OC)c1. The molecule has 0 atom stereocenters. The van der Waals surface area contributed by atoms with E-state index in [0.717, 1.165) is 22.6 Å². The molecule has 2 aromatic carbocycles. The van der Waals surface area contributed by atoms with Crippen LogP contribution in [0.2, 0.25) is 0 Å². The van der Waals surface area contributed by atoms with E-state index < -0.39 is 0 Å². The first-order valence-corrected chi connectivity index (χ1v) is 5.12. The van der Waals surface area contributed by atoms with Crippen molar-refractivity contribution in [1.82, 2.24) is 0 Å². The van der Waals surface area contributed by atoms with Crippen molar-refractivity contribution in [1.29, 1.82) is 0 Å². The lowest BCUT2D eigenvalue weighted by molar-refractivity contribution is 0.395. The topological polar surface area (TPSA) is 18.5 Å². The molecule has 0 amide bonds. The van der Waals surface area contributed by atoms with Gasteiger partial charge in [-0.25, -0.2) is 0 Å². The minimum atomic E-state index is 0.802. The van der Waals surface area contributed by atoms with Crippen molar-refractivity contribution in [2.45, 2.75) is 0 Å². The van der Waals surface area contributed by atoms with Crippen LogP contribution in [-0.2, 0) is 0 Å². The molecule has 0 saturated carbocycles. The van der Waals surface area contributed by atoms with Gasteiger partial charge in [-0.15, -0.1) is 0 Å². The van der Waals surface area contributed by atoms with E-state index in [1.807, 2.05) is 36.4 Å². The quantitative estimate of drug-likeness (QED) is 0.779. The molecule has 0 heterocycles. The monoisotopic (exact) mass is 214 g/mol. The van der Waals surface area contributed by atoms with Crippen molar-refractivity contribution in [3.05, 3.63) is 48.5 Å². The zero-order valence-corrected chi connectivity index (χ0v) is 9.44. The lowest BCUT2D eigenvalue weighted by atomic mass is 10.0. The molecule has 0 unspecified atom stereocenters. The van der Waals surface area contributed by atoms with Gasteiger partial charge >= 0.3 is 0 Å². The van der Waals surface area contributed by atoms with Gasteiger partial charge in [0.25, 0.3) is 0 Å². The first-order chi connectivity index (χ1) is 7.85. The highest BCUT2D eigenvalue weighted by Gasteiger charge is 2.06. The molecule has 0 N–H and O–H groups in total. The molecule has 16 heavy (non-hydrogen) atoms. The molecule has 2 nitrogen and oxygen atoms in total. The van der Waals surface area contributed by atoms with Crippen molar-refractivity contribution in [3.8, 4) is 22.6 Å². The Morgan fingerprint density at radius 2 is 1.56 bits per heavy atom. The molecule has 0 aromatic heterocycles. The predicted molar refractivity (Wildman–Crippen MR) is 65.0 cm³/mol. The van der Waals surface area contributed by atoms with E-state index in [1.54, 1.807) is 14.2 Å². The summed E-state index contributed by atoms with van der Waals surface area (Å²) in [6.45, 7) is 0. The fourth-order valence-corrected chi connectivity index (χ4v) is 1.65. The number of ether oxygens (including phenoxy) is 2. The molecule has 0 bridgehead atoms. The Balaban J connectivity index is 2.49. The van der Waals surface area contributed by atoms with Crippen molar-refractivity contribution in [3.63, 3.8) is 0 Å². The summed E-state index contributed by atoms with van der Waals surface area (Å²) >= 11 is 0. The second-order valence-corrected chi connectivity index (χ2v) is 3.43. The molecule has 0 saturated heterocycles. The fourth-order valence-electron chi connectivity index (χ4n) is 1.65. The van der Waals surface area contributed by atoms with Crippen molar-refractivity contribution in [2.24, 2.45) is 0 Å². The van der Waals surface area contributed by atoms with Gasteiger partial charge in [0.15, 0.2) is 0 Å². The average Bonchev–Trinajstić information content (AvgIpc) is 2.39. The molecule has 0 fully saturated rings. The first-order valence-electron chi connectivity index (χ1n) is 5.12. The van der Waals surface area contributed by atoms with E-state index in [0.29, 0.717) is 0 Å². The van der Waals surface area contributed by atoms with Gasteiger partial charge in [-0.3, -0.25) is 0 Å². The van der Waals surface area contributed by atoms with Gasteiger partial charge in [0.1, 0.15) is 11.5 Å². The van der Waals surface area contributed by atoms with Gasteiger partial charge in [0, 0.05) is 11.6 Å². The normalized spacial score (nSPS) is 9.88. The van der Waals surface area contributed by atoms with Crippen LogP contribution < -0.4 is 9.47 Å².